The lowest BCUT2D eigenvalue weighted by Gasteiger charge is -2.47. The number of nitro benzene ring substituents is 1. The lowest BCUT2D eigenvalue weighted by atomic mass is 9.76. The van der Waals surface area contributed by atoms with Gasteiger partial charge in [-0.15, -0.1) is 0 Å². The summed E-state index contributed by atoms with van der Waals surface area (Å²) in [7, 11) is 0. The van der Waals surface area contributed by atoms with Crippen LogP contribution in [0.5, 0.6) is 5.75 Å². The third kappa shape index (κ3) is 2.46. The minimum Gasteiger partial charge on any atom is -0.462 e. The third-order valence-corrected chi connectivity index (χ3v) is 6.72. The lowest BCUT2D eigenvalue weighted by molar-refractivity contribution is -0.385. The van der Waals surface area contributed by atoms with Gasteiger partial charge in [0, 0.05) is 35.5 Å². The average molecular weight is 390 g/mol. The first kappa shape index (κ1) is 18.2. The number of non-ortho nitro benzene ring substituents is 1. The zero-order valence-electron chi connectivity index (χ0n) is 17.1. The maximum absolute atomic E-state index is 11.5. The van der Waals surface area contributed by atoms with E-state index in [9.17, 15) is 10.1 Å². The Balaban J connectivity index is 1.69. The van der Waals surface area contributed by atoms with Gasteiger partial charge >= 0.3 is 0 Å². The predicted octanol–water partition coefficient (Wildman–Crippen LogP) is 5.78. The molecule has 2 heterocycles. The van der Waals surface area contributed by atoms with Gasteiger partial charge in [0.2, 0.25) is 5.72 Å². The summed E-state index contributed by atoms with van der Waals surface area (Å²) in [5.41, 5.74) is 3.53. The van der Waals surface area contributed by atoms with Crippen LogP contribution in [0.4, 0.5) is 11.4 Å². The predicted molar refractivity (Wildman–Crippen MR) is 115 cm³/mol. The van der Waals surface area contributed by atoms with Crippen molar-refractivity contribution in [2.24, 2.45) is 0 Å². The Morgan fingerprint density at radius 1 is 1.24 bits per heavy atom. The maximum Gasteiger partial charge on any atom is 0.270 e. The van der Waals surface area contributed by atoms with Gasteiger partial charge in [-0.05, 0) is 62.8 Å². The number of para-hydroxylation sites is 1. The Bertz CT molecular complexity index is 1040. The first-order chi connectivity index (χ1) is 13.9. The molecule has 0 radical (unpaired) electrons. The van der Waals surface area contributed by atoms with Crippen LogP contribution in [0.1, 0.15) is 62.6 Å². The number of hydrogen-bond acceptors (Lipinski definition) is 4. The fraction of sp³-hybridized carbons (Fsp3) is 0.417. The van der Waals surface area contributed by atoms with E-state index in [2.05, 4.69) is 56.0 Å². The summed E-state index contributed by atoms with van der Waals surface area (Å²) >= 11 is 0. The molecule has 1 unspecified atom stereocenters. The Hall–Kier alpha value is -2.82. The highest BCUT2D eigenvalue weighted by Crippen LogP contribution is 2.57. The van der Waals surface area contributed by atoms with Gasteiger partial charge in [-0.3, -0.25) is 10.1 Å². The van der Waals surface area contributed by atoms with Crippen molar-refractivity contribution in [2.45, 2.75) is 57.1 Å². The molecule has 0 amide bonds. The summed E-state index contributed by atoms with van der Waals surface area (Å²) < 4.78 is 6.93. The van der Waals surface area contributed by atoms with Gasteiger partial charge in [-0.25, -0.2) is 0 Å². The summed E-state index contributed by atoms with van der Waals surface area (Å²) in [4.78, 5) is 13.5. The van der Waals surface area contributed by atoms with Crippen molar-refractivity contribution in [1.29, 1.82) is 0 Å². The standard InChI is InChI=1S/C24H26N2O3/c1-4-13-25-21-8-6-5-7-20(21)23(2,3)24(25)12-11-17-14-18(26(27)28)15-19(16-9-10-16)22(17)29-24/h5-8,11-12,14-16H,4,9-10,13H2,1-3H3. The van der Waals surface area contributed by atoms with Crippen LogP contribution in [0.25, 0.3) is 6.08 Å². The van der Waals surface area contributed by atoms with E-state index < -0.39 is 5.72 Å². The van der Waals surface area contributed by atoms with Crippen molar-refractivity contribution in [3.05, 3.63) is 69.3 Å². The monoisotopic (exact) mass is 390 g/mol. The van der Waals surface area contributed by atoms with E-state index in [1.54, 1.807) is 12.1 Å². The smallest absolute Gasteiger partial charge is 0.270 e. The molecule has 0 saturated heterocycles. The van der Waals surface area contributed by atoms with E-state index in [1.807, 2.05) is 6.08 Å². The van der Waals surface area contributed by atoms with E-state index in [1.165, 1.54) is 11.3 Å². The number of anilines is 1. The van der Waals surface area contributed by atoms with Gasteiger partial charge in [0.1, 0.15) is 5.75 Å². The number of nitro groups is 1. The molecule has 1 spiro atoms. The quantitative estimate of drug-likeness (QED) is 0.490. The summed E-state index contributed by atoms with van der Waals surface area (Å²) in [5, 5.41) is 11.5. The molecule has 29 heavy (non-hydrogen) atoms. The number of benzene rings is 2. The van der Waals surface area contributed by atoms with Crippen molar-refractivity contribution in [2.75, 3.05) is 11.4 Å². The Morgan fingerprint density at radius 3 is 2.69 bits per heavy atom. The largest absolute Gasteiger partial charge is 0.462 e. The van der Waals surface area contributed by atoms with Gasteiger partial charge < -0.3 is 9.64 Å². The molecule has 1 saturated carbocycles. The summed E-state index contributed by atoms with van der Waals surface area (Å²) in [5.74, 6) is 1.18. The van der Waals surface area contributed by atoms with E-state index in [4.69, 9.17) is 4.74 Å². The Kier molecular flexibility index (Phi) is 3.83. The highest BCUT2D eigenvalue weighted by atomic mass is 16.6. The highest BCUT2D eigenvalue weighted by Gasteiger charge is 2.59. The number of ether oxygens (including phenoxy) is 1. The average Bonchev–Trinajstić information content (AvgIpc) is 3.53. The second-order valence-electron chi connectivity index (χ2n) is 8.91. The molecule has 0 bridgehead atoms. The fourth-order valence-electron chi connectivity index (χ4n) is 5.03. The fourth-order valence-corrected chi connectivity index (χ4v) is 5.03. The maximum atomic E-state index is 11.5. The molecule has 150 valence electrons. The van der Waals surface area contributed by atoms with Crippen LogP contribution in [0.15, 0.2) is 42.5 Å². The van der Waals surface area contributed by atoms with E-state index in [0.717, 1.165) is 42.7 Å². The van der Waals surface area contributed by atoms with Crippen LogP contribution in [-0.2, 0) is 5.41 Å². The van der Waals surface area contributed by atoms with Gasteiger partial charge in [-0.1, -0.05) is 25.1 Å². The molecular weight excluding hydrogens is 364 g/mol. The number of hydrogen-bond donors (Lipinski definition) is 0. The first-order valence-corrected chi connectivity index (χ1v) is 10.5. The molecule has 1 aliphatic carbocycles. The topological polar surface area (TPSA) is 55.6 Å². The van der Waals surface area contributed by atoms with Crippen molar-refractivity contribution in [3.63, 3.8) is 0 Å². The second kappa shape index (κ2) is 6.09. The molecule has 1 fully saturated rings. The molecular formula is C24H26N2O3. The van der Waals surface area contributed by atoms with Gasteiger partial charge in [0.25, 0.3) is 5.69 Å². The van der Waals surface area contributed by atoms with Crippen molar-refractivity contribution >= 4 is 17.5 Å². The van der Waals surface area contributed by atoms with E-state index >= 15 is 0 Å². The minimum absolute atomic E-state index is 0.147. The normalized spacial score (nSPS) is 23.6. The molecule has 2 aliphatic heterocycles. The molecule has 3 aliphatic rings. The van der Waals surface area contributed by atoms with Crippen LogP contribution in [0.2, 0.25) is 0 Å². The second-order valence-corrected chi connectivity index (χ2v) is 8.91. The van der Waals surface area contributed by atoms with E-state index in [-0.39, 0.29) is 16.0 Å². The Labute approximate surface area is 171 Å². The minimum atomic E-state index is -0.639. The molecule has 5 rings (SSSR count). The molecule has 2 aromatic carbocycles. The van der Waals surface area contributed by atoms with Crippen LogP contribution >= 0.6 is 0 Å². The van der Waals surface area contributed by atoms with Gasteiger partial charge in [0.05, 0.1) is 10.3 Å². The van der Waals surface area contributed by atoms with Crippen LogP contribution < -0.4 is 9.64 Å². The Morgan fingerprint density at radius 2 is 2.00 bits per heavy atom. The lowest BCUT2D eigenvalue weighted by Crippen LogP contribution is -2.59. The number of nitrogens with zero attached hydrogens (tertiary/aromatic N) is 2. The number of fused-ring (bicyclic) bond motifs is 2. The molecule has 0 N–H and O–H groups in total. The molecule has 2 aromatic rings. The van der Waals surface area contributed by atoms with Crippen LogP contribution in [0, 0.1) is 10.1 Å². The molecule has 5 heteroatoms. The van der Waals surface area contributed by atoms with Gasteiger partial charge in [0.15, 0.2) is 0 Å². The van der Waals surface area contributed by atoms with Crippen LogP contribution in [0.3, 0.4) is 0 Å². The summed E-state index contributed by atoms with van der Waals surface area (Å²) in [6, 6.07) is 11.9. The van der Waals surface area contributed by atoms with E-state index in [0.29, 0.717) is 5.92 Å². The molecule has 1 atom stereocenters. The molecule has 5 nitrogen and oxygen atoms in total. The highest BCUT2D eigenvalue weighted by molar-refractivity contribution is 5.74. The zero-order valence-corrected chi connectivity index (χ0v) is 17.1. The summed E-state index contributed by atoms with van der Waals surface area (Å²) in [6.07, 6.45) is 7.29. The zero-order chi connectivity index (χ0) is 20.4. The SMILES string of the molecule is CCCN1c2ccccc2C(C)(C)C12C=Cc1cc([N+](=O)[O-])cc(C3CC3)c1O2. The first-order valence-electron chi connectivity index (χ1n) is 10.5. The van der Waals surface area contributed by atoms with Crippen molar-refractivity contribution in [1.82, 2.24) is 0 Å². The van der Waals surface area contributed by atoms with Crippen LogP contribution in [-0.4, -0.2) is 17.2 Å². The molecule has 0 aromatic heterocycles. The summed E-state index contributed by atoms with van der Waals surface area (Å²) in [6.45, 7) is 7.53. The third-order valence-electron chi connectivity index (χ3n) is 6.72. The van der Waals surface area contributed by atoms with Gasteiger partial charge in [-0.2, -0.15) is 0 Å². The number of rotatable bonds is 4. The van der Waals surface area contributed by atoms with Crippen molar-refractivity contribution < 1.29 is 9.66 Å². The van der Waals surface area contributed by atoms with Crippen molar-refractivity contribution in [3.8, 4) is 5.75 Å².